The number of nitrogens with zero attached hydrogens (tertiary/aromatic N) is 2. The van der Waals surface area contributed by atoms with Gasteiger partial charge in [-0.1, -0.05) is 60.7 Å². The largest absolute Gasteiger partial charge is 0.290 e. The van der Waals surface area contributed by atoms with Gasteiger partial charge in [0.15, 0.2) is 5.84 Å². The zero-order valence-electron chi connectivity index (χ0n) is 9.69. The summed E-state index contributed by atoms with van der Waals surface area (Å²) in [5, 5.41) is 16.9. The quantitative estimate of drug-likeness (QED) is 0.491. The molecule has 0 aliphatic carbocycles. The van der Waals surface area contributed by atoms with Gasteiger partial charge in [-0.15, -0.1) is 5.10 Å². The number of amidine groups is 1. The maximum atomic E-state index is 9.02. The Bertz CT molecular complexity index is 535. The highest BCUT2D eigenvalue weighted by atomic mass is 16.5. The van der Waals surface area contributed by atoms with Crippen LogP contribution in [0.5, 0.6) is 0 Å². The molecule has 90 valence electrons. The summed E-state index contributed by atoms with van der Waals surface area (Å²) in [5.74, 6) is 0.308. The van der Waals surface area contributed by atoms with Crippen molar-refractivity contribution in [2.24, 2.45) is 10.2 Å². The molecule has 0 amide bonds. The van der Waals surface area contributed by atoms with Crippen LogP contribution in [0, 0.1) is 0 Å². The number of benzene rings is 2. The van der Waals surface area contributed by atoms with Gasteiger partial charge >= 0.3 is 0 Å². The highest BCUT2D eigenvalue weighted by molar-refractivity contribution is 5.98. The molecule has 0 aliphatic rings. The summed E-state index contributed by atoms with van der Waals surface area (Å²) in [4.78, 5) is 0. The Morgan fingerprint density at radius 3 is 2.17 bits per heavy atom. The molecule has 0 aromatic heterocycles. The van der Waals surface area contributed by atoms with E-state index in [1.807, 2.05) is 66.1 Å². The van der Waals surface area contributed by atoms with E-state index in [9.17, 15) is 0 Å². The molecule has 4 heteroatoms. The van der Waals surface area contributed by atoms with Gasteiger partial charge in [-0.3, -0.25) is 10.7 Å². The summed E-state index contributed by atoms with van der Waals surface area (Å²) in [6.07, 6.45) is 1.63. The third-order valence-corrected chi connectivity index (χ3v) is 2.32. The van der Waals surface area contributed by atoms with Crippen molar-refractivity contribution in [3.63, 3.8) is 0 Å². The first-order valence-corrected chi connectivity index (χ1v) is 5.52. The summed E-state index contributed by atoms with van der Waals surface area (Å²) in [5.41, 5.74) is 3.76. The highest BCUT2D eigenvalue weighted by Crippen LogP contribution is 2.00. The van der Waals surface area contributed by atoms with Crippen LogP contribution in [-0.2, 0) is 0 Å². The Morgan fingerprint density at radius 1 is 0.944 bits per heavy atom. The Kier molecular flexibility index (Phi) is 4.22. The topological polar surface area (TPSA) is 57.0 Å². The predicted octanol–water partition coefficient (Wildman–Crippen LogP) is 2.45. The molecule has 18 heavy (non-hydrogen) atoms. The molecule has 0 bridgehead atoms. The van der Waals surface area contributed by atoms with Gasteiger partial charge in [0.05, 0.1) is 6.21 Å². The first-order valence-electron chi connectivity index (χ1n) is 5.52. The molecular formula is C14H13N3O. The molecule has 0 aliphatic heterocycles. The highest BCUT2D eigenvalue weighted by Gasteiger charge is 1.99. The minimum absolute atomic E-state index is 0.308. The molecule has 2 N–H and O–H groups in total. The fourth-order valence-corrected chi connectivity index (χ4v) is 1.43. The van der Waals surface area contributed by atoms with Crippen molar-refractivity contribution in [2.45, 2.75) is 0 Å². The lowest BCUT2D eigenvalue weighted by Gasteiger charge is -2.01. The van der Waals surface area contributed by atoms with Crippen molar-refractivity contribution in [1.82, 2.24) is 5.48 Å². The first-order chi connectivity index (χ1) is 8.90. The van der Waals surface area contributed by atoms with Gasteiger partial charge in [0.25, 0.3) is 0 Å². The number of hydrogen-bond donors (Lipinski definition) is 2. The van der Waals surface area contributed by atoms with E-state index in [2.05, 4.69) is 10.2 Å². The number of hydroxylamine groups is 1. The van der Waals surface area contributed by atoms with E-state index in [4.69, 9.17) is 5.21 Å². The Morgan fingerprint density at radius 2 is 1.56 bits per heavy atom. The van der Waals surface area contributed by atoms with Crippen molar-refractivity contribution in [3.05, 3.63) is 71.8 Å². The van der Waals surface area contributed by atoms with E-state index in [1.165, 1.54) is 0 Å². The third-order valence-electron chi connectivity index (χ3n) is 2.32. The molecule has 0 saturated carbocycles. The number of nitrogens with one attached hydrogen (secondary N) is 1. The normalized spacial score (nSPS) is 11.7. The number of hydrogen-bond acceptors (Lipinski definition) is 3. The summed E-state index contributed by atoms with van der Waals surface area (Å²) in [7, 11) is 0. The molecular weight excluding hydrogens is 226 g/mol. The van der Waals surface area contributed by atoms with Gasteiger partial charge < -0.3 is 0 Å². The van der Waals surface area contributed by atoms with E-state index in [-0.39, 0.29) is 0 Å². The molecule has 0 spiro atoms. The van der Waals surface area contributed by atoms with Gasteiger partial charge in [-0.25, -0.2) is 0 Å². The third kappa shape index (κ3) is 3.26. The van der Waals surface area contributed by atoms with Crippen LogP contribution in [-0.4, -0.2) is 17.3 Å². The van der Waals surface area contributed by atoms with Crippen molar-refractivity contribution in [2.75, 3.05) is 0 Å². The maximum absolute atomic E-state index is 9.02. The Labute approximate surface area is 105 Å². The van der Waals surface area contributed by atoms with Crippen LogP contribution in [0.15, 0.2) is 70.9 Å². The van der Waals surface area contributed by atoms with E-state index >= 15 is 0 Å². The van der Waals surface area contributed by atoms with Gasteiger partial charge in [-0.2, -0.15) is 5.10 Å². The van der Waals surface area contributed by atoms with Crippen LogP contribution in [0.4, 0.5) is 0 Å². The average Bonchev–Trinajstić information content (AvgIpc) is 2.46. The van der Waals surface area contributed by atoms with Gasteiger partial charge in [0, 0.05) is 5.56 Å². The van der Waals surface area contributed by atoms with Gasteiger partial charge in [0.2, 0.25) is 0 Å². The van der Waals surface area contributed by atoms with Crippen molar-refractivity contribution in [3.8, 4) is 0 Å². The predicted molar refractivity (Wildman–Crippen MR) is 71.9 cm³/mol. The van der Waals surface area contributed by atoms with E-state index < -0.39 is 0 Å². The van der Waals surface area contributed by atoms with Crippen molar-refractivity contribution < 1.29 is 5.21 Å². The molecule has 0 heterocycles. The fourth-order valence-electron chi connectivity index (χ4n) is 1.43. The van der Waals surface area contributed by atoms with Crippen LogP contribution in [0.2, 0.25) is 0 Å². The first kappa shape index (κ1) is 12.0. The summed E-state index contributed by atoms with van der Waals surface area (Å²) >= 11 is 0. The van der Waals surface area contributed by atoms with Crippen LogP contribution >= 0.6 is 0 Å². The Hall–Kier alpha value is -2.46. The lowest BCUT2D eigenvalue weighted by atomic mass is 10.2. The van der Waals surface area contributed by atoms with Gasteiger partial charge in [0.1, 0.15) is 0 Å². The molecule has 2 aromatic rings. The molecule has 0 fully saturated rings. The summed E-state index contributed by atoms with van der Waals surface area (Å²) < 4.78 is 0. The van der Waals surface area contributed by atoms with Gasteiger partial charge in [-0.05, 0) is 5.56 Å². The molecule has 0 atom stereocenters. The second-order valence-corrected chi connectivity index (χ2v) is 3.58. The van der Waals surface area contributed by atoms with E-state index in [1.54, 1.807) is 6.21 Å². The van der Waals surface area contributed by atoms with E-state index in [0.29, 0.717) is 5.84 Å². The second-order valence-electron chi connectivity index (χ2n) is 3.58. The minimum Gasteiger partial charge on any atom is -0.290 e. The lowest BCUT2D eigenvalue weighted by Crippen LogP contribution is -2.19. The van der Waals surface area contributed by atoms with E-state index in [0.717, 1.165) is 11.1 Å². The molecule has 0 saturated heterocycles. The second kappa shape index (κ2) is 6.32. The maximum Gasteiger partial charge on any atom is 0.179 e. The smallest absolute Gasteiger partial charge is 0.179 e. The van der Waals surface area contributed by atoms with Crippen LogP contribution in [0.25, 0.3) is 0 Å². The standard InChI is InChI=1S/C14H13N3O/c18-17-14(13-9-5-2-6-10-13)16-15-11-12-7-3-1-4-8-12/h1-11,18H,(H,16,17)/b15-11-. The zero-order valence-corrected chi connectivity index (χ0v) is 9.69. The van der Waals surface area contributed by atoms with Crippen LogP contribution in [0.1, 0.15) is 11.1 Å². The SMILES string of the molecule is ONC(=N/N=C\c1ccccc1)c1ccccc1. The Balaban J connectivity index is 2.14. The molecule has 0 radical (unpaired) electrons. The average molecular weight is 239 g/mol. The molecule has 4 nitrogen and oxygen atoms in total. The van der Waals surface area contributed by atoms with Crippen LogP contribution < -0.4 is 5.48 Å². The number of rotatable bonds is 3. The molecule has 2 aromatic carbocycles. The van der Waals surface area contributed by atoms with Crippen molar-refractivity contribution in [1.29, 1.82) is 0 Å². The van der Waals surface area contributed by atoms with Crippen molar-refractivity contribution >= 4 is 12.1 Å². The monoisotopic (exact) mass is 239 g/mol. The van der Waals surface area contributed by atoms with Crippen LogP contribution in [0.3, 0.4) is 0 Å². The minimum atomic E-state index is 0.308. The summed E-state index contributed by atoms with van der Waals surface area (Å²) in [6.45, 7) is 0. The molecule has 2 rings (SSSR count). The lowest BCUT2D eigenvalue weighted by molar-refractivity contribution is 0.234. The summed E-state index contributed by atoms with van der Waals surface area (Å²) in [6, 6.07) is 18.9. The zero-order chi connectivity index (χ0) is 12.6. The molecule has 0 unspecified atom stereocenters. The fraction of sp³-hybridized carbons (Fsp3) is 0.